The molecule has 0 amide bonds. The average molecular weight is 773 g/mol. The Balaban J connectivity index is 1.17. The maximum atomic E-state index is 11.0. The molecule has 2 aliphatic carbocycles. The third-order valence-corrected chi connectivity index (χ3v) is 11.8. The molecule has 0 spiro atoms. The summed E-state index contributed by atoms with van der Waals surface area (Å²) in [7, 11) is 0. The number of aliphatic hydroxyl groups excluding tert-OH is 13. The van der Waals surface area contributed by atoms with Crippen molar-refractivity contribution < 1.29 is 99.5 Å². The van der Waals surface area contributed by atoms with Crippen molar-refractivity contribution in [3.05, 3.63) is 0 Å². The lowest BCUT2D eigenvalue weighted by Gasteiger charge is -2.51. The monoisotopic (exact) mass is 772 g/mol. The topological polar surface area (TPSA) is 328 Å². The predicted molar refractivity (Wildman–Crippen MR) is 170 cm³/mol. The fourth-order valence-corrected chi connectivity index (χ4v) is 8.57. The summed E-state index contributed by atoms with van der Waals surface area (Å²) >= 11 is 0. The van der Waals surface area contributed by atoms with Crippen LogP contribution in [0, 0.1) is 11.8 Å². The maximum Gasteiger partial charge on any atom is 0.187 e. The summed E-state index contributed by atoms with van der Waals surface area (Å²) in [6, 6.07) is 0. The van der Waals surface area contributed by atoms with E-state index in [4.69, 9.17) is 33.2 Å². The summed E-state index contributed by atoms with van der Waals surface area (Å²) in [6.45, 7) is 0.276. The SMILES string of the molecule is CC1OC(OCC2OC(OC3CC4C(O)CC(O)CC4OC3C3CCC(O)C(OC4OC(CO)C(O)C(O)C4O)C3)C(O)C(O)C2O)C(O)C(O)C1O. The Bertz CT molecular complexity index is 1170. The molecule has 24 atom stereocenters. The van der Waals surface area contributed by atoms with Gasteiger partial charge in [0.25, 0.3) is 0 Å². The first-order valence-corrected chi connectivity index (χ1v) is 18.4. The first-order chi connectivity index (χ1) is 25.1. The predicted octanol–water partition coefficient (Wildman–Crippen LogP) is -6.34. The van der Waals surface area contributed by atoms with Gasteiger partial charge in [0.05, 0.1) is 62.0 Å². The highest BCUT2D eigenvalue weighted by Gasteiger charge is 2.53. The van der Waals surface area contributed by atoms with Crippen molar-refractivity contribution in [2.45, 2.75) is 180 Å². The standard InChI is InChI=1S/C33H56O20/c1-10-21(38)24(41)27(44)31(48-10)47-9-20-23(40)26(43)29(46)33(53-20)51-18-7-13-15(37)5-12(35)6-16(13)49-30(18)11-2-3-14(36)17(4-11)50-32-28(45)25(42)22(39)19(8-34)52-32/h10-46H,2-9H2,1H3. The van der Waals surface area contributed by atoms with Crippen molar-refractivity contribution >= 4 is 0 Å². The molecule has 0 aromatic heterocycles. The van der Waals surface area contributed by atoms with Crippen molar-refractivity contribution in [2.75, 3.05) is 13.2 Å². The fraction of sp³-hybridized carbons (Fsp3) is 1.00. The van der Waals surface area contributed by atoms with Crippen LogP contribution in [0.1, 0.15) is 45.4 Å². The average Bonchev–Trinajstić information content (AvgIpc) is 3.13. The summed E-state index contributed by atoms with van der Waals surface area (Å²) in [5, 5.41) is 136. The van der Waals surface area contributed by atoms with Crippen LogP contribution in [0.3, 0.4) is 0 Å². The molecule has 53 heavy (non-hydrogen) atoms. The van der Waals surface area contributed by atoms with E-state index >= 15 is 0 Å². The van der Waals surface area contributed by atoms with E-state index in [1.54, 1.807) is 0 Å². The lowest BCUT2D eigenvalue weighted by atomic mass is 9.72. The van der Waals surface area contributed by atoms with E-state index in [1.165, 1.54) is 6.92 Å². The normalized spacial score (nSPS) is 55.4. The van der Waals surface area contributed by atoms with Crippen LogP contribution in [0.25, 0.3) is 0 Å². The molecule has 0 aromatic carbocycles. The van der Waals surface area contributed by atoms with Gasteiger partial charge in [-0.05, 0) is 51.4 Å². The van der Waals surface area contributed by atoms with E-state index in [-0.39, 0.29) is 32.1 Å². The van der Waals surface area contributed by atoms with E-state index in [9.17, 15) is 66.4 Å². The number of ether oxygens (including phenoxy) is 7. The minimum Gasteiger partial charge on any atom is -0.394 e. The van der Waals surface area contributed by atoms with Crippen LogP contribution in [0.2, 0.25) is 0 Å². The van der Waals surface area contributed by atoms with E-state index in [0.29, 0.717) is 6.42 Å². The number of hydrogen-bond acceptors (Lipinski definition) is 20. The molecule has 6 aliphatic rings. The Morgan fingerprint density at radius 3 is 1.77 bits per heavy atom. The lowest BCUT2D eigenvalue weighted by molar-refractivity contribution is -0.347. The molecule has 4 aliphatic heterocycles. The Hall–Kier alpha value is -0.800. The molecular weight excluding hydrogens is 716 g/mol. The third-order valence-electron chi connectivity index (χ3n) is 11.8. The van der Waals surface area contributed by atoms with Gasteiger partial charge in [-0.15, -0.1) is 0 Å². The van der Waals surface area contributed by atoms with Gasteiger partial charge in [0, 0.05) is 5.92 Å². The molecule has 6 fully saturated rings. The van der Waals surface area contributed by atoms with Gasteiger partial charge in [-0.2, -0.15) is 0 Å². The van der Waals surface area contributed by atoms with Crippen molar-refractivity contribution in [1.82, 2.24) is 0 Å². The minimum absolute atomic E-state index is 0.0950. The zero-order chi connectivity index (χ0) is 38.5. The summed E-state index contributed by atoms with van der Waals surface area (Å²) in [6.07, 6.45) is -28.0. The zero-order valence-corrected chi connectivity index (χ0v) is 29.2. The van der Waals surface area contributed by atoms with Gasteiger partial charge in [0.2, 0.25) is 0 Å². The highest BCUT2D eigenvalue weighted by Crippen LogP contribution is 2.44. The molecule has 0 bridgehead atoms. The smallest absolute Gasteiger partial charge is 0.187 e. The van der Waals surface area contributed by atoms with Gasteiger partial charge in [-0.3, -0.25) is 0 Å². The second kappa shape index (κ2) is 17.4. The largest absolute Gasteiger partial charge is 0.394 e. The van der Waals surface area contributed by atoms with Crippen molar-refractivity contribution in [1.29, 1.82) is 0 Å². The van der Waals surface area contributed by atoms with Crippen LogP contribution in [-0.2, 0) is 33.2 Å². The molecule has 6 rings (SSSR count). The number of hydrogen-bond donors (Lipinski definition) is 13. The summed E-state index contributed by atoms with van der Waals surface area (Å²) in [5.74, 6) is -0.946. The van der Waals surface area contributed by atoms with Gasteiger partial charge < -0.3 is 99.5 Å². The van der Waals surface area contributed by atoms with Gasteiger partial charge in [0.15, 0.2) is 18.9 Å². The van der Waals surface area contributed by atoms with Crippen molar-refractivity contribution in [2.24, 2.45) is 11.8 Å². The number of aliphatic hydroxyl groups is 13. The van der Waals surface area contributed by atoms with Crippen LogP contribution in [0.4, 0.5) is 0 Å². The van der Waals surface area contributed by atoms with Crippen LogP contribution in [0.5, 0.6) is 0 Å². The van der Waals surface area contributed by atoms with Crippen molar-refractivity contribution in [3.8, 4) is 0 Å². The second-order valence-corrected chi connectivity index (χ2v) is 15.4. The molecule has 0 aromatic rings. The third kappa shape index (κ3) is 8.72. The van der Waals surface area contributed by atoms with Crippen LogP contribution in [-0.4, -0.2) is 214 Å². The first-order valence-electron chi connectivity index (χ1n) is 18.4. The summed E-state index contributed by atoms with van der Waals surface area (Å²) in [4.78, 5) is 0. The molecular formula is C33H56O20. The molecule has 20 heteroatoms. The molecule has 20 nitrogen and oxygen atoms in total. The molecule has 4 heterocycles. The molecule has 24 unspecified atom stereocenters. The summed E-state index contributed by atoms with van der Waals surface area (Å²) < 4.78 is 41.2. The molecule has 2 saturated carbocycles. The summed E-state index contributed by atoms with van der Waals surface area (Å²) in [5.41, 5.74) is 0. The van der Waals surface area contributed by atoms with Gasteiger partial charge in [0.1, 0.15) is 67.1 Å². The Morgan fingerprint density at radius 2 is 1.11 bits per heavy atom. The van der Waals surface area contributed by atoms with E-state index in [0.717, 1.165) is 0 Å². The first kappa shape index (κ1) is 41.8. The van der Waals surface area contributed by atoms with Crippen molar-refractivity contribution in [3.63, 3.8) is 0 Å². The zero-order valence-electron chi connectivity index (χ0n) is 29.2. The molecule has 4 saturated heterocycles. The molecule has 308 valence electrons. The van der Waals surface area contributed by atoms with Crippen LogP contribution in [0.15, 0.2) is 0 Å². The van der Waals surface area contributed by atoms with E-state index < -0.39 is 160 Å². The Kier molecular flexibility index (Phi) is 13.7. The van der Waals surface area contributed by atoms with Gasteiger partial charge in [-0.1, -0.05) is 0 Å². The Labute approximate surface area is 305 Å². The quantitative estimate of drug-likeness (QED) is 0.104. The Morgan fingerprint density at radius 1 is 0.528 bits per heavy atom. The second-order valence-electron chi connectivity index (χ2n) is 15.4. The molecule has 0 radical (unpaired) electrons. The maximum absolute atomic E-state index is 11.0. The van der Waals surface area contributed by atoms with Gasteiger partial charge in [-0.25, -0.2) is 0 Å². The number of fused-ring (bicyclic) bond motifs is 1. The fourth-order valence-electron chi connectivity index (χ4n) is 8.57. The highest BCUT2D eigenvalue weighted by molar-refractivity contribution is 5.00. The van der Waals surface area contributed by atoms with Crippen LogP contribution >= 0.6 is 0 Å². The highest BCUT2D eigenvalue weighted by atomic mass is 16.7. The van der Waals surface area contributed by atoms with Crippen LogP contribution < -0.4 is 0 Å². The lowest BCUT2D eigenvalue weighted by Crippen LogP contribution is -2.63. The van der Waals surface area contributed by atoms with E-state index in [2.05, 4.69) is 0 Å². The van der Waals surface area contributed by atoms with Gasteiger partial charge >= 0.3 is 0 Å². The molecule has 13 N–H and O–H groups in total. The number of rotatable bonds is 9. The van der Waals surface area contributed by atoms with E-state index in [1.807, 2.05) is 0 Å². The minimum atomic E-state index is -1.79.